The van der Waals surface area contributed by atoms with Crippen molar-refractivity contribution < 1.29 is 5.11 Å². The van der Waals surface area contributed by atoms with Crippen LogP contribution in [0, 0.1) is 5.41 Å². The van der Waals surface area contributed by atoms with Crippen molar-refractivity contribution in [2.24, 2.45) is 5.41 Å². The third kappa shape index (κ3) is 3.77. The molecule has 0 aliphatic carbocycles. The molecule has 0 amide bonds. The summed E-state index contributed by atoms with van der Waals surface area (Å²) in [6, 6.07) is 5.33. The minimum atomic E-state index is -0.0916. The van der Waals surface area contributed by atoms with Crippen LogP contribution >= 0.6 is 23.2 Å². The lowest BCUT2D eigenvalue weighted by Crippen LogP contribution is -2.32. The number of aliphatic hydroxyl groups is 1. The quantitative estimate of drug-likeness (QED) is 0.816. The molecule has 2 nitrogen and oxygen atoms in total. The van der Waals surface area contributed by atoms with Gasteiger partial charge in [0.25, 0.3) is 0 Å². The van der Waals surface area contributed by atoms with Crippen LogP contribution in [0.3, 0.4) is 0 Å². The molecule has 0 fully saturated rings. The van der Waals surface area contributed by atoms with Crippen molar-refractivity contribution in [1.82, 2.24) is 0 Å². The van der Waals surface area contributed by atoms with Crippen LogP contribution in [0.25, 0.3) is 0 Å². The second kappa shape index (κ2) is 6.48. The number of rotatable bonds is 6. The van der Waals surface area contributed by atoms with Crippen LogP contribution in [0.2, 0.25) is 10.0 Å². The number of hydrogen-bond donors (Lipinski definition) is 2. The highest BCUT2D eigenvalue weighted by Crippen LogP contribution is 2.29. The van der Waals surface area contributed by atoms with Crippen molar-refractivity contribution in [3.05, 3.63) is 28.2 Å². The molecule has 2 N–H and O–H groups in total. The van der Waals surface area contributed by atoms with E-state index in [-0.39, 0.29) is 12.0 Å². The van der Waals surface area contributed by atoms with E-state index < -0.39 is 0 Å². The maximum atomic E-state index is 9.48. The molecule has 0 aliphatic rings. The third-order valence-corrected chi connectivity index (χ3v) is 3.98. The average Bonchev–Trinajstić information content (AvgIpc) is 2.35. The Balaban J connectivity index is 2.75. The van der Waals surface area contributed by atoms with Crippen molar-refractivity contribution in [1.29, 1.82) is 0 Å². The molecular weight excluding hydrogens is 257 g/mol. The lowest BCUT2D eigenvalue weighted by atomic mass is 9.83. The first-order valence-corrected chi connectivity index (χ1v) is 6.62. The first kappa shape index (κ1) is 14.6. The molecule has 0 saturated carbocycles. The molecule has 0 bridgehead atoms. The van der Waals surface area contributed by atoms with Gasteiger partial charge in [0.05, 0.1) is 17.3 Å². The third-order valence-electron chi connectivity index (χ3n) is 3.42. The molecule has 0 saturated heterocycles. The molecule has 1 aromatic carbocycles. The summed E-state index contributed by atoms with van der Waals surface area (Å²) in [6.07, 6.45) is 1.84. The van der Waals surface area contributed by atoms with Crippen LogP contribution < -0.4 is 5.32 Å². The highest BCUT2D eigenvalue weighted by atomic mass is 35.5. The molecule has 0 heterocycles. The van der Waals surface area contributed by atoms with Gasteiger partial charge in [0.1, 0.15) is 0 Å². The summed E-state index contributed by atoms with van der Waals surface area (Å²) in [5.41, 5.74) is 0.727. The second-order valence-corrected chi connectivity index (χ2v) is 5.19. The smallest absolute Gasteiger partial charge is 0.0638 e. The Morgan fingerprint density at radius 3 is 2.41 bits per heavy atom. The zero-order valence-electron chi connectivity index (χ0n) is 10.3. The SMILES string of the molecule is CCC(CC)(CO)CNc1cc(Cl)ccc1Cl. The molecule has 1 rings (SSSR count). The van der Waals surface area contributed by atoms with Crippen molar-refractivity contribution in [2.75, 3.05) is 18.5 Å². The van der Waals surface area contributed by atoms with E-state index in [1.54, 1.807) is 18.2 Å². The summed E-state index contributed by atoms with van der Waals surface area (Å²) in [7, 11) is 0. The van der Waals surface area contributed by atoms with Crippen LogP contribution in [0.5, 0.6) is 0 Å². The van der Waals surface area contributed by atoms with Gasteiger partial charge in [-0.1, -0.05) is 37.0 Å². The van der Waals surface area contributed by atoms with E-state index in [0.717, 1.165) is 18.5 Å². The number of benzene rings is 1. The zero-order chi connectivity index (χ0) is 12.9. The van der Waals surface area contributed by atoms with Gasteiger partial charge in [-0.2, -0.15) is 0 Å². The molecule has 0 atom stereocenters. The predicted octanol–water partition coefficient (Wildman–Crippen LogP) is 4.20. The normalized spacial score (nSPS) is 11.6. The molecule has 4 heteroatoms. The molecule has 0 radical (unpaired) electrons. The molecule has 96 valence electrons. The fourth-order valence-electron chi connectivity index (χ4n) is 1.70. The summed E-state index contributed by atoms with van der Waals surface area (Å²) in [5, 5.41) is 14.0. The molecular formula is C13H19Cl2NO. The standard InChI is InChI=1S/C13H19Cl2NO/c1-3-13(4-2,9-17)8-16-12-7-10(14)5-6-11(12)15/h5-7,16-17H,3-4,8-9H2,1-2H3. The van der Waals surface area contributed by atoms with Crippen molar-refractivity contribution in [2.45, 2.75) is 26.7 Å². The summed E-state index contributed by atoms with van der Waals surface area (Å²) in [6.45, 7) is 5.03. The Kier molecular flexibility index (Phi) is 5.57. The topological polar surface area (TPSA) is 32.3 Å². The van der Waals surface area contributed by atoms with Gasteiger partial charge in [-0.15, -0.1) is 0 Å². The average molecular weight is 276 g/mol. The van der Waals surface area contributed by atoms with Crippen LogP contribution in [-0.2, 0) is 0 Å². The van der Waals surface area contributed by atoms with Crippen LogP contribution in [0.1, 0.15) is 26.7 Å². The minimum Gasteiger partial charge on any atom is -0.396 e. The van der Waals surface area contributed by atoms with Gasteiger partial charge >= 0.3 is 0 Å². The molecule has 0 aromatic heterocycles. The van der Waals surface area contributed by atoms with Gasteiger partial charge in [-0.25, -0.2) is 0 Å². The first-order chi connectivity index (χ1) is 8.06. The van der Waals surface area contributed by atoms with E-state index >= 15 is 0 Å². The van der Waals surface area contributed by atoms with Crippen molar-refractivity contribution in [3.63, 3.8) is 0 Å². The zero-order valence-corrected chi connectivity index (χ0v) is 11.8. The van der Waals surface area contributed by atoms with E-state index in [1.807, 2.05) is 0 Å². The summed E-state index contributed by atoms with van der Waals surface area (Å²) in [4.78, 5) is 0. The Morgan fingerprint density at radius 2 is 1.88 bits per heavy atom. The fraction of sp³-hybridized carbons (Fsp3) is 0.538. The lowest BCUT2D eigenvalue weighted by Gasteiger charge is -2.30. The Morgan fingerprint density at radius 1 is 1.24 bits per heavy atom. The monoisotopic (exact) mass is 275 g/mol. The van der Waals surface area contributed by atoms with Gasteiger partial charge in [0, 0.05) is 17.0 Å². The van der Waals surface area contributed by atoms with Crippen molar-refractivity contribution >= 4 is 28.9 Å². The number of hydrogen-bond acceptors (Lipinski definition) is 2. The van der Waals surface area contributed by atoms with Crippen molar-refractivity contribution in [3.8, 4) is 0 Å². The molecule has 0 unspecified atom stereocenters. The Bertz CT molecular complexity index is 356. The summed E-state index contributed by atoms with van der Waals surface area (Å²) >= 11 is 12.0. The van der Waals surface area contributed by atoms with Gasteiger partial charge in [0.2, 0.25) is 0 Å². The Labute approximate surface area is 113 Å². The predicted molar refractivity (Wildman–Crippen MR) is 75.1 cm³/mol. The van der Waals surface area contributed by atoms with E-state index in [4.69, 9.17) is 23.2 Å². The Hall–Kier alpha value is -0.440. The highest BCUT2D eigenvalue weighted by Gasteiger charge is 2.25. The first-order valence-electron chi connectivity index (χ1n) is 5.86. The van der Waals surface area contributed by atoms with Crippen LogP contribution in [-0.4, -0.2) is 18.3 Å². The van der Waals surface area contributed by atoms with Gasteiger partial charge in [0.15, 0.2) is 0 Å². The minimum absolute atomic E-state index is 0.0916. The largest absolute Gasteiger partial charge is 0.396 e. The lowest BCUT2D eigenvalue weighted by molar-refractivity contribution is 0.127. The van der Waals surface area contributed by atoms with Gasteiger partial charge in [-0.05, 0) is 31.0 Å². The van der Waals surface area contributed by atoms with E-state index in [0.29, 0.717) is 16.6 Å². The van der Waals surface area contributed by atoms with E-state index in [1.165, 1.54) is 0 Å². The number of aliphatic hydroxyl groups excluding tert-OH is 1. The number of anilines is 1. The summed E-state index contributed by atoms with van der Waals surface area (Å²) < 4.78 is 0. The maximum Gasteiger partial charge on any atom is 0.0638 e. The van der Waals surface area contributed by atoms with E-state index in [9.17, 15) is 5.11 Å². The van der Waals surface area contributed by atoms with E-state index in [2.05, 4.69) is 19.2 Å². The second-order valence-electron chi connectivity index (χ2n) is 4.34. The molecule has 17 heavy (non-hydrogen) atoms. The maximum absolute atomic E-state index is 9.48. The molecule has 1 aromatic rings. The molecule has 0 aliphatic heterocycles. The van der Waals surface area contributed by atoms with Crippen LogP contribution in [0.4, 0.5) is 5.69 Å². The number of halogens is 2. The summed E-state index contributed by atoms with van der Waals surface area (Å²) in [5.74, 6) is 0. The van der Waals surface area contributed by atoms with Gasteiger partial charge in [-0.3, -0.25) is 0 Å². The fourth-order valence-corrected chi connectivity index (χ4v) is 2.05. The number of nitrogens with one attached hydrogen (secondary N) is 1. The van der Waals surface area contributed by atoms with Gasteiger partial charge < -0.3 is 10.4 Å². The highest BCUT2D eigenvalue weighted by molar-refractivity contribution is 6.35. The van der Waals surface area contributed by atoms with Crippen LogP contribution in [0.15, 0.2) is 18.2 Å². The molecule has 0 spiro atoms.